The van der Waals surface area contributed by atoms with E-state index in [0.717, 1.165) is 0 Å². The fourth-order valence-electron chi connectivity index (χ4n) is 1.76. The minimum Gasteiger partial charge on any atom is -0.437 e. The van der Waals surface area contributed by atoms with Crippen LogP contribution in [0.1, 0.15) is 11.3 Å². The summed E-state index contributed by atoms with van der Waals surface area (Å²) in [5, 5.41) is 16.8. The lowest BCUT2D eigenvalue weighted by Gasteiger charge is -2.09. The summed E-state index contributed by atoms with van der Waals surface area (Å²) in [6.07, 6.45) is 0. The summed E-state index contributed by atoms with van der Waals surface area (Å²) in [5.41, 5.74) is 6.61. The van der Waals surface area contributed by atoms with Crippen LogP contribution < -0.4 is 10.5 Å². The number of rotatable bonds is 3. The molecule has 0 spiro atoms. The van der Waals surface area contributed by atoms with Crippen molar-refractivity contribution in [3.8, 4) is 11.6 Å². The first-order chi connectivity index (χ1) is 9.43. The molecule has 0 fully saturated rings. The fourth-order valence-corrected chi connectivity index (χ4v) is 2.21. The summed E-state index contributed by atoms with van der Waals surface area (Å²) in [6.45, 7) is 1.73. The van der Waals surface area contributed by atoms with E-state index in [1.807, 2.05) is 0 Å². The zero-order chi connectivity index (χ0) is 14.9. The Morgan fingerprint density at radius 3 is 2.75 bits per heavy atom. The van der Waals surface area contributed by atoms with E-state index in [1.165, 1.54) is 4.68 Å². The van der Waals surface area contributed by atoms with Crippen molar-refractivity contribution in [1.82, 2.24) is 9.78 Å². The Morgan fingerprint density at radius 1 is 1.45 bits per heavy atom. The van der Waals surface area contributed by atoms with Crippen molar-refractivity contribution in [3.63, 3.8) is 0 Å². The maximum Gasteiger partial charge on any atom is 0.229 e. The second kappa shape index (κ2) is 5.60. The van der Waals surface area contributed by atoms with E-state index in [2.05, 4.69) is 10.3 Å². The van der Waals surface area contributed by atoms with Gasteiger partial charge in [-0.1, -0.05) is 28.4 Å². The minimum absolute atomic E-state index is 0.0873. The number of ether oxygens (including phenoxy) is 1. The third kappa shape index (κ3) is 2.66. The van der Waals surface area contributed by atoms with Crippen LogP contribution in [0.5, 0.6) is 11.6 Å². The highest BCUT2D eigenvalue weighted by Gasteiger charge is 2.20. The normalized spacial score (nSPS) is 11.7. The second-order valence-corrected chi connectivity index (χ2v) is 4.89. The maximum atomic E-state index is 8.83. The Morgan fingerprint density at radius 2 is 2.15 bits per heavy atom. The van der Waals surface area contributed by atoms with E-state index < -0.39 is 0 Å². The molecule has 1 aromatic carbocycles. The van der Waals surface area contributed by atoms with Gasteiger partial charge in [-0.05, 0) is 25.1 Å². The van der Waals surface area contributed by atoms with Crippen LogP contribution in [-0.2, 0) is 7.05 Å². The first-order valence-electron chi connectivity index (χ1n) is 5.58. The average molecular weight is 315 g/mol. The van der Waals surface area contributed by atoms with Gasteiger partial charge in [0.2, 0.25) is 5.88 Å². The Labute approximate surface area is 125 Å². The first kappa shape index (κ1) is 14.5. The lowest BCUT2D eigenvalue weighted by Crippen LogP contribution is -2.15. The highest BCUT2D eigenvalue weighted by molar-refractivity contribution is 6.35. The molecule has 0 saturated heterocycles. The summed E-state index contributed by atoms with van der Waals surface area (Å²) in [7, 11) is 1.68. The van der Waals surface area contributed by atoms with Crippen molar-refractivity contribution < 1.29 is 9.94 Å². The summed E-state index contributed by atoms with van der Waals surface area (Å²) in [5.74, 6) is 0.628. The molecule has 0 aliphatic carbocycles. The molecule has 0 aliphatic rings. The Hall–Kier alpha value is -1.92. The number of aromatic nitrogens is 2. The van der Waals surface area contributed by atoms with Gasteiger partial charge in [-0.3, -0.25) is 0 Å². The van der Waals surface area contributed by atoms with Gasteiger partial charge < -0.3 is 15.7 Å². The van der Waals surface area contributed by atoms with Gasteiger partial charge in [0.05, 0.1) is 10.7 Å². The summed E-state index contributed by atoms with van der Waals surface area (Å²) in [6, 6.07) is 4.84. The Kier molecular flexibility index (Phi) is 4.06. The molecule has 6 nitrogen and oxygen atoms in total. The number of nitrogens with zero attached hydrogens (tertiary/aromatic N) is 3. The summed E-state index contributed by atoms with van der Waals surface area (Å²) < 4.78 is 7.19. The number of nitrogens with two attached hydrogens (primary N) is 1. The molecular formula is C12H12Cl2N4O2. The lowest BCUT2D eigenvalue weighted by molar-refractivity contribution is 0.318. The highest BCUT2D eigenvalue weighted by Crippen LogP contribution is 2.33. The number of benzene rings is 1. The molecule has 2 aromatic rings. The predicted molar refractivity (Wildman–Crippen MR) is 77.0 cm³/mol. The molecule has 2 rings (SSSR count). The van der Waals surface area contributed by atoms with Crippen molar-refractivity contribution in [1.29, 1.82) is 0 Å². The molecule has 8 heteroatoms. The SMILES string of the molecule is Cc1nn(C)c(Oc2ccc(Cl)cc2Cl)c1C(N)=NO. The van der Waals surface area contributed by atoms with Crippen LogP contribution >= 0.6 is 23.2 Å². The molecule has 0 unspecified atom stereocenters. The topological polar surface area (TPSA) is 85.7 Å². The van der Waals surface area contributed by atoms with Crippen molar-refractivity contribution in [2.75, 3.05) is 0 Å². The molecule has 1 aromatic heterocycles. The second-order valence-electron chi connectivity index (χ2n) is 4.05. The Bertz CT molecular complexity index is 682. The molecule has 0 amide bonds. The zero-order valence-corrected chi connectivity index (χ0v) is 12.3. The van der Waals surface area contributed by atoms with Crippen LogP contribution in [0.4, 0.5) is 0 Å². The van der Waals surface area contributed by atoms with Crippen LogP contribution in [0.15, 0.2) is 23.4 Å². The number of halogens is 2. The molecule has 0 atom stereocenters. The lowest BCUT2D eigenvalue weighted by atomic mass is 10.2. The highest BCUT2D eigenvalue weighted by atomic mass is 35.5. The number of oxime groups is 1. The van der Waals surface area contributed by atoms with Crippen molar-refractivity contribution in [2.24, 2.45) is 17.9 Å². The van der Waals surface area contributed by atoms with E-state index in [1.54, 1.807) is 32.2 Å². The van der Waals surface area contributed by atoms with Gasteiger partial charge in [0, 0.05) is 12.1 Å². The van der Waals surface area contributed by atoms with E-state index in [0.29, 0.717) is 32.9 Å². The number of aryl methyl sites for hydroxylation is 2. The minimum atomic E-state index is -0.0873. The van der Waals surface area contributed by atoms with Gasteiger partial charge in [-0.25, -0.2) is 4.68 Å². The quantitative estimate of drug-likeness (QED) is 0.395. The molecule has 0 saturated carbocycles. The zero-order valence-electron chi connectivity index (χ0n) is 10.8. The van der Waals surface area contributed by atoms with Crippen LogP contribution in [0, 0.1) is 6.92 Å². The first-order valence-corrected chi connectivity index (χ1v) is 6.34. The van der Waals surface area contributed by atoms with E-state index in [9.17, 15) is 0 Å². The molecule has 20 heavy (non-hydrogen) atoms. The smallest absolute Gasteiger partial charge is 0.229 e. The average Bonchev–Trinajstić information content (AvgIpc) is 2.66. The monoisotopic (exact) mass is 314 g/mol. The number of hydrogen-bond acceptors (Lipinski definition) is 4. The van der Waals surface area contributed by atoms with Gasteiger partial charge in [0.15, 0.2) is 5.84 Å². The summed E-state index contributed by atoms with van der Waals surface area (Å²) in [4.78, 5) is 0. The molecule has 106 valence electrons. The van der Waals surface area contributed by atoms with Crippen LogP contribution in [0.2, 0.25) is 10.0 Å². The fraction of sp³-hybridized carbons (Fsp3) is 0.167. The van der Waals surface area contributed by atoms with E-state index in [4.69, 9.17) is 38.9 Å². The van der Waals surface area contributed by atoms with Gasteiger partial charge in [-0.2, -0.15) is 5.10 Å². The Balaban J connectivity index is 2.48. The van der Waals surface area contributed by atoms with Crippen molar-refractivity contribution in [2.45, 2.75) is 6.92 Å². The van der Waals surface area contributed by atoms with Gasteiger partial charge in [-0.15, -0.1) is 0 Å². The molecular weight excluding hydrogens is 303 g/mol. The van der Waals surface area contributed by atoms with Crippen molar-refractivity contribution in [3.05, 3.63) is 39.5 Å². The molecule has 1 heterocycles. The third-order valence-electron chi connectivity index (χ3n) is 2.63. The largest absolute Gasteiger partial charge is 0.437 e. The molecule has 0 aliphatic heterocycles. The standard InChI is InChI=1S/C12H12Cl2N4O2/c1-6-10(11(15)17-19)12(18(2)16-6)20-9-4-3-7(13)5-8(9)14/h3-5,19H,1-2H3,(H2,15,17). The molecule has 0 bridgehead atoms. The van der Waals surface area contributed by atoms with Gasteiger partial charge in [0.25, 0.3) is 0 Å². The maximum absolute atomic E-state index is 8.83. The van der Waals surface area contributed by atoms with E-state index in [-0.39, 0.29) is 5.84 Å². The molecule has 3 N–H and O–H groups in total. The van der Waals surface area contributed by atoms with Crippen LogP contribution in [0.25, 0.3) is 0 Å². The molecule has 0 radical (unpaired) electrons. The number of hydrogen-bond donors (Lipinski definition) is 2. The summed E-state index contributed by atoms with van der Waals surface area (Å²) >= 11 is 11.9. The van der Waals surface area contributed by atoms with Crippen LogP contribution in [-0.4, -0.2) is 20.8 Å². The van der Waals surface area contributed by atoms with Gasteiger partial charge in [0.1, 0.15) is 11.3 Å². The van der Waals surface area contributed by atoms with Crippen molar-refractivity contribution >= 4 is 29.0 Å². The number of amidine groups is 1. The van der Waals surface area contributed by atoms with E-state index >= 15 is 0 Å². The van der Waals surface area contributed by atoms with Gasteiger partial charge >= 0.3 is 0 Å². The predicted octanol–water partition coefficient (Wildman–Crippen LogP) is 2.92. The third-order valence-corrected chi connectivity index (χ3v) is 3.16. The van der Waals surface area contributed by atoms with Crippen LogP contribution in [0.3, 0.4) is 0 Å².